The SMILES string of the molecule is O=[N+]([O-])c1cc(F)c(-n2ccnc2)cc1Br. The van der Waals surface area contributed by atoms with E-state index in [0.717, 1.165) is 6.07 Å². The number of aromatic nitrogens is 2. The van der Waals surface area contributed by atoms with Crippen molar-refractivity contribution < 1.29 is 9.31 Å². The van der Waals surface area contributed by atoms with Gasteiger partial charge in [-0.3, -0.25) is 10.1 Å². The van der Waals surface area contributed by atoms with Crippen molar-refractivity contribution in [2.45, 2.75) is 0 Å². The molecule has 0 spiro atoms. The fraction of sp³-hybridized carbons (Fsp3) is 0. The van der Waals surface area contributed by atoms with Crippen LogP contribution in [-0.2, 0) is 0 Å². The molecule has 0 bridgehead atoms. The maximum absolute atomic E-state index is 13.6. The van der Waals surface area contributed by atoms with Gasteiger partial charge in [-0.05, 0) is 22.0 Å². The van der Waals surface area contributed by atoms with Gasteiger partial charge < -0.3 is 4.57 Å². The molecule has 0 aliphatic heterocycles. The highest BCUT2D eigenvalue weighted by Gasteiger charge is 2.17. The molecule has 0 saturated heterocycles. The highest BCUT2D eigenvalue weighted by molar-refractivity contribution is 9.10. The van der Waals surface area contributed by atoms with Gasteiger partial charge in [-0.1, -0.05) is 0 Å². The van der Waals surface area contributed by atoms with Gasteiger partial charge in [0, 0.05) is 12.4 Å². The average molecular weight is 286 g/mol. The second kappa shape index (κ2) is 4.01. The molecule has 82 valence electrons. The molecule has 7 heteroatoms. The summed E-state index contributed by atoms with van der Waals surface area (Å²) in [5, 5.41) is 10.6. The molecule has 1 aromatic carbocycles. The first-order chi connectivity index (χ1) is 7.59. The van der Waals surface area contributed by atoms with Crippen LogP contribution in [0.15, 0.2) is 35.3 Å². The first-order valence-corrected chi connectivity index (χ1v) is 5.00. The predicted molar refractivity (Wildman–Crippen MR) is 57.9 cm³/mol. The van der Waals surface area contributed by atoms with Gasteiger partial charge in [0.25, 0.3) is 5.69 Å². The van der Waals surface area contributed by atoms with Gasteiger partial charge >= 0.3 is 0 Å². The van der Waals surface area contributed by atoms with E-state index >= 15 is 0 Å². The highest BCUT2D eigenvalue weighted by Crippen LogP contribution is 2.29. The number of imidazole rings is 1. The van der Waals surface area contributed by atoms with Crippen LogP contribution in [0.3, 0.4) is 0 Å². The number of rotatable bonds is 2. The van der Waals surface area contributed by atoms with Crippen LogP contribution < -0.4 is 0 Å². The normalized spacial score (nSPS) is 10.4. The van der Waals surface area contributed by atoms with Crippen LogP contribution in [0.5, 0.6) is 0 Å². The molecule has 0 radical (unpaired) electrons. The molecule has 0 fully saturated rings. The zero-order chi connectivity index (χ0) is 11.7. The largest absolute Gasteiger partial charge is 0.303 e. The third-order valence-electron chi connectivity index (χ3n) is 2.00. The second-order valence-electron chi connectivity index (χ2n) is 2.98. The second-order valence-corrected chi connectivity index (χ2v) is 3.84. The summed E-state index contributed by atoms with van der Waals surface area (Å²) in [6, 6.07) is 2.22. The van der Waals surface area contributed by atoms with Crippen molar-refractivity contribution in [1.29, 1.82) is 0 Å². The van der Waals surface area contributed by atoms with E-state index in [0.29, 0.717) is 0 Å². The molecule has 1 aromatic heterocycles. The quantitative estimate of drug-likeness (QED) is 0.630. The Hall–Kier alpha value is -1.76. The van der Waals surface area contributed by atoms with E-state index in [2.05, 4.69) is 20.9 Å². The smallest absolute Gasteiger partial charge is 0.286 e. The van der Waals surface area contributed by atoms with E-state index in [1.807, 2.05) is 0 Å². The molecular formula is C9H5BrFN3O2. The van der Waals surface area contributed by atoms with E-state index in [1.54, 1.807) is 6.20 Å². The molecule has 0 atom stereocenters. The molecule has 0 aliphatic carbocycles. The maximum Gasteiger partial charge on any atom is 0.286 e. The molecular weight excluding hydrogens is 281 g/mol. The molecule has 2 rings (SSSR count). The number of nitro benzene ring substituents is 1. The van der Waals surface area contributed by atoms with E-state index in [4.69, 9.17) is 0 Å². The highest BCUT2D eigenvalue weighted by atomic mass is 79.9. The van der Waals surface area contributed by atoms with Crippen LogP contribution in [0.2, 0.25) is 0 Å². The van der Waals surface area contributed by atoms with Crippen molar-refractivity contribution in [3.05, 3.63) is 51.3 Å². The summed E-state index contributed by atoms with van der Waals surface area (Å²) in [5.41, 5.74) is -0.101. The maximum atomic E-state index is 13.6. The van der Waals surface area contributed by atoms with Crippen molar-refractivity contribution in [2.75, 3.05) is 0 Å². The van der Waals surface area contributed by atoms with Crippen molar-refractivity contribution >= 4 is 21.6 Å². The summed E-state index contributed by atoms with van der Waals surface area (Å²) < 4.78 is 15.2. The summed E-state index contributed by atoms with van der Waals surface area (Å²) in [6.45, 7) is 0. The number of hydrogen-bond donors (Lipinski definition) is 0. The van der Waals surface area contributed by atoms with Gasteiger partial charge in [0.05, 0.1) is 27.5 Å². The molecule has 16 heavy (non-hydrogen) atoms. The molecule has 0 aliphatic rings. The molecule has 0 unspecified atom stereocenters. The first kappa shape index (κ1) is 10.7. The lowest BCUT2D eigenvalue weighted by molar-refractivity contribution is -0.385. The number of nitrogens with zero attached hydrogens (tertiary/aromatic N) is 3. The lowest BCUT2D eigenvalue weighted by Crippen LogP contribution is -1.98. The number of benzene rings is 1. The Kier molecular flexibility index (Phi) is 2.69. The van der Waals surface area contributed by atoms with E-state index in [-0.39, 0.29) is 15.8 Å². The van der Waals surface area contributed by atoms with Crippen LogP contribution in [0.25, 0.3) is 5.69 Å². The number of hydrogen-bond acceptors (Lipinski definition) is 3. The van der Waals surface area contributed by atoms with Crippen LogP contribution in [0.4, 0.5) is 10.1 Å². The summed E-state index contributed by atoms with van der Waals surface area (Å²) >= 11 is 3.03. The molecule has 0 N–H and O–H groups in total. The van der Waals surface area contributed by atoms with Crippen LogP contribution in [-0.4, -0.2) is 14.5 Å². The summed E-state index contributed by atoms with van der Waals surface area (Å²) in [4.78, 5) is 13.7. The minimum atomic E-state index is -0.673. The minimum absolute atomic E-state index is 0.204. The van der Waals surface area contributed by atoms with Gasteiger partial charge in [0.1, 0.15) is 0 Å². The lowest BCUT2D eigenvalue weighted by atomic mass is 10.2. The van der Waals surface area contributed by atoms with Crippen LogP contribution in [0, 0.1) is 15.9 Å². The van der Waals surface area contributed by atoms with E-state index in [1.165, 1.54) is 23.2 Å². The Morgan fingerprint density at radius 2 is 2.25 bits per heavy atom. The molecule has 2 aromatic rings. The fourth-order valence-electron chi connectivity index (χ4n) is 1.27. The summed E-state index contributed by atoms with van der Waals surface area (Å²) in [7, 11) is 0. The molecule has 5 nitrogen and oxygen atoms in total. The number of nitro groups is 1. The number of halogens is 2. The Labute approximate surface area is 97.8 Å². The van der Waals surface area contributed by atoms with Crippen LogP contribution >= 0.6 is 15.9 Å². The van der Waals surface area contributed by atoms with Crippen molar-refractivity contribution in [3.63, 3.8) is 0 Å². The Bertz CT molecular complexity index is 542. The van der Waals surface area contributed by atoms with Gasteiger partial charge in [-0.2, -0.15) is 0 Å². The third kappa shape index (κ3) is 1.81. The van der Waals surface area contributed by atoms with Crippen molar-refractivity contribution in [1.82, 2.24) is 9.55 Å². The van der Waals surface area contributed by atoms with E-state index in [9.17, 15) is 14.5 Å². The predicted octanol–water partition coefficient (Wildman–Crippen LogP) is 2.68. The van der Waals surface area contributed by atoms with Crippen molar-refractivity contribution in [3.8, 4) is 5.69 Å². The third-order valence-corrected chi connectivity index (χ3v) is 2.63. The monoisotopic (exact) mass is 285 g/mol. The molecule has 0 amide bonds. The topological polar surface area (TPSA) is 61.0 Å². The van der Waals surface area contributed by atoms with E-state index < -0.39 is 10.7 Å². The first-order valence-electron chi connectivity index (χ1n) is 4.21. The minimum Gasteiger partial charge on any atom is -0.303 e. The standard InChI is InChI=1S/C9H5BrFN3O2/c10-6-3-9(13-2-1-12-5-13)7(11)4-8(6)14(15)16/h1-5H. The Morgan fingerprint density at radius 1 is 1.50 bits per heavy atom. The van der Waals surface area contributed by atoms with Gasteiger partial charge in [-0.25, -0.2) is 9.37 Å². The van der Waals surface area contributed by atoms with Gasteiger partial charge in [0.15, 0.2) is 5.82 Å². The lowest BCUT2D eigenvalue weighted by Gasteiger charge is -2.04. The van der Waals surface area contributed by atoms with Crippen molar-refractivity contribution in [2.24, 2.45) is 0 Å². The molecule has 0 saturated carbocycles. The molecule has 1 heterocycles. The van der Waals surface area contributed by atoms with Crippen LogP contribution in [0.1, 0.15) is 0 Å². The Morgan fingerprint density at radius 3 is 2.81 bits per heavy atom. The fourth-order valence-corrected chi connectivity index (χ4v) is 1.74. The Balaban J connectivity index is 2.59. The average Bonchev–Trinajstić information content (AvgIpc) is 2.73. The summed E-state index contributed by atoms with van der Waals surface area (Å²) in [5.74, 6) is -0.673. The van der Waals surface area contributed by atoms with Gasteiger partial charge in [-0.15, -0.1) is 0 Å². The zero-order valence-electron chi connectivity index (χ0n) is 7.80. The van der Waals surface area contributed by atoms with Gasteiger partial charge in [0.2, 0.25) is 0 Å². The zero-order valence-corrected chi connectivity index (χ0v) is 9.39. The summed E-state index contributed by atoms with van der Waals surface area (Å²) in [6.07, 6.45) is 4.46.